The van der Waals surface area contributed by atoms with Gasteiger partial charge in [0.2, 0.25) is 0 Å². The highest BCUT2D eigenvalue weighted by Gasteiger charge is 2.50. The molecule has 3 aliphatic carbocycles. The number of hydrogen-bond donors (Lipinski definition) is 1. The molecule has 0 aromatic rings. The second-order valence-electron chi connectivity index (χ2n) is 11.1. The van der Waals surface area contributed by atoms with E-state index in [4.69, 9.17) is 0 Å². The molecule has 0 aromatic carbocycles. The van der Waals surface area contributed by atoms with Crippen LogP contribution in [0.5, 0.6) is 0 Å². The Bertz CT molecular complexity index is 652. The van der Waals surface area contributed by atoms with Crippen LogP contribution >= 0.6 is 0 Å². The molecule has 0 heterocycles. The highest BCUT2D eigenvalue weighted by atomic mass is 19.1. The van der Waals surface area contributed by atoms with Gasteiger partial charge in [0, 0.05) is 0 Å². The first-order valence-corrected chi connectivity index (χ1v) is 12.0. The Balaban J connectivity index is 1.68. The molecule has 0 radical (unpaired) electrons. The molecule has 0 spiro atoms. The topological polar surface area (TPSA) is 20.2 Å². The number of aliphatic hydroxyl groups excluding tert-OH is 1. The highest BCUT2D eigenvalue weighted by Crippen LogP contribution is 2.60. The molecule has 0 saturated heterocycles. The third kappa shape index (κ3) is 5.43. The summed E-state index contributed by atoms with van der Waals surface area (Å²) in [5.41, 5.74) is 3.45. The van der Waals surface area contributed by atoms with Crippen LogP contribution in [0.15, 0.2) is 35.5 Å². The lowest BCUT2D eigenvalue weighted by Gasteiger charge is -2.44. The van der Waals surface area contributed by atoms with Crippen LogP contribution < -0.4 is 0 Å². The molecule has 0 bridgehead atoms. The van der Waals surface area contributed by atoms with Gasteiger partial charge in [-0.05, 0) is 100 Å². The molecule has 0 aliphatic heterocycles. The summed E-state index contributed by atoms with van der Waals surface area (Å²) in [6, 6.07) is 0. The molecule has 0 unspecified atom stereocenters. The Morgan fingerprint density at radius 1 is 1.24 bits per heavy atom. The van der Waals surface area contributed by atoms with Gasteiger partial charge in [0.25, 0.3) is 0 Å². The van der Waals surface area contributed by atoms with Gasteiger partial charge >= 0.3 is 0 Å². The van der Waals surface area contributed by atoms with E-state index in [9.17, 15) is 9.50 Å². The van der Waals surface area contributed by atoms with Crippen molar-refractivity contribution in [3.05, 3.63) is 35.5 Å². The number of allylic oxidation sites excluding steroid dienone is 4. The second kappa shape index (κ2) is 9.08. The van der Waals surface area contributed by atoms with Gasteiger partial charge in [0.05, 0.1) is 6.10 Å². The molecule has 0 aromatic heterocycles. The van der Waals surface area contributed by atoms with E-state index in [0.717, 1.165) is 38.0 Å². The standard InChI is InChI=1S/C27H43FO/c1-19-10-13-23(29)18-22(19)12-11-21-9-7-17-27(5)24(14-15-25(21)27)20(2)8-6-16-26(3,4)28/h11-12,20,23-25,29H,1,6-10,13-18H2,2-5H3/b21-11+,22-12-/t20-,23+,24-,25+,27-/m1/s1. The van der Waals surface area contributed by atoms with Gasteiger partial charge < -0.3 is 5.11 Å². The lowest BCUT2D eigenvalue weighted by molar-refractivity contribution is 0.0904. The number of alkyl halides is 1. The van der Waals surface area contributed by atoms with Gasteiger partial charge in [-0.25, -0.2) is 4.39 Å². The first-order valence-electron chi connectivity index (χ1n) is 12.0. The van der Waals surface area contributed by atoms with Crippen molar-refractivity contribution in [3.63, 3.8) is 0 Å². The third-order valence-electron chi connectivity index (χ3n) is 8.34. The van der Waals surface area contributed by atoms with E-state index >= 15 is 0 Å². The minimum atomic E-state index is -1.03. The van der Waals surface area contributed by atoms with E-state index in [1.165, 1.54) is 43.3 Å². The van der Waals surface area contributed by atoms with Gasteiger partial charge in [-0.15, -0.1) is 0 Å². The van der Waals surface area contributed by atoms with Crippen molar-refractivity contribution >= 4 is 0 Å². The maximum atomic E-state index is 13.9. The van der Waals surface area contributed by atoms with Crippen molar-refractivity contribution in [2.75, 3.05) is 0 Å². The summed E-state index contributed by atoms with van der Waals surface area (Å²) in [5.74, 6) is 2.14. The Hall–Kier alpha value is -0.890. The van der Waals surface area contributed by atoms with Crippen LogP contribution in [0.4, 0.5) is 4.39 Å². The van der Waals surface area contributed by atoms with Gasteiger partial charge in [-0.1, -0.05) is 56.6 Å². The number of rotatable bonds is 6. The zero-order chi connectivity index (χ0) is 21.2. The van der Waals surface area contributed by atoms with E-state index in [1.807, 2.05) is 0 Å². The molecular formula is C27H43FO. The van der Waals surface area contributed by atoms with Crippen molar-refractivity contribution in [3.8, 4) is 0 Å². The molecule has 3 saturated carbocycles. The molecule has 3 rings (SSSR count). The lowest BCUT2D eigenvalue weighted by Crippen LogP contribution is -2.36. The maximum absolute atomic E-state index is 13.9. The number of aliphatic hydroxyl groups is 1. The summed E-state index contributed by atoms with van der Waals surface area (Å²) in [7, 11) is 0. The van der Waals surface area contributed by atoms with Gasteiger partial charge in [-0.2, -0.15) is 0 Å². The van der Waals surface area contributed by atoms with E-state index in [-0.39, 0.29) is 6.10 Å². The number of hydrogen-bond acceptors (Lipinski definition) is 1. The molecule has 2 heteroatoms. The lowest BCUT2D eigenvalue weighted by atomic mass is 9.60. The largest absolute Gasteiger partial charge is 0.393 e. The minimum Gasteiger partial charge on any atom is -0.393 e. The van der Waals surface area contributed by atoms with Crippen molar-refractivity contribution < 1.29 is 9.50 Å². The van der Waals surface area contributed by atoms with Crippen LogP contribution in [0.3, 0.4) is 0 Å². The Labute approximate surface area is 178 Å². The van der Waals surface area contributed by atoms with Crippen molar-refractivity contribution in [1.82, 2.24) is 0 Å². The molecule has 3 aliphatic rings. The molecular weight excluding hydrogens is 359 g/mol. The Morgan fingerprint density at radius 3 is 2.72 bits per heavy atom. The third-order valence-corrected chi connectivity index (χ3v) is 8.34. The minimum absolute atomic E-state index is 0.201. The molecule has 29 heavy (non-hydrogen) atoms. The fraction of sp³-hybridized carbons (Fsp3) is 0.778. The fourth-order valence-corrected chi connectivity index (χ4v) is 6.66. The first-order chi connectivity index (χ1) is 13.6. The second-order valence-corrected chi connectivity index (χ2v) is 11.1. The normalized spacial score (nSPS) is 37.2. The van der Waals surface area contributed by atoms with Crippen LogP contribution in [-0.2, 0) is 0 Å². The highest BCUT2D eigenvalue weighted by molar-refractivity contribution is 5.36. The average molecular weight is 403 g/mol. The quantitative estimate of drug-likeness (QED) is 0.482. The molecule has 164 valence electrons. The maximum Gasteiger partial charge on any atom is 0.105 e. The smallest absolute Gasteiger partial charge is 0.105 e. The Morgan fingerprint density at radius 2 is 2.00 bits per heavy atom. The average Bonchev–Trinajstić information content (AvgIpc) is 2.99. The molecule has 1 N–H and O–H groups in total. The van der Waals surface area contributed by atoms with Crippen LogP contribution in [-0.4, -0.2) is 16.9 Å². The zero-order valence-corrected chi connectivity index (χ0v) is 19.3. The van der Waals surface area contributed by atoms with E-state index < -0.39 is 5.67 Å². The van der Waals surface area contributed by atoms with Crippen molar-refractivity contribution in [1.29, 1.82) is 0 Å². The summed E-state index contributed by atoms with van der Waals surface area (Å²) >= 11 is 0. The summed E-state index contributed by atoms with van der Waals surface area (Å²) < 4.78 is 13.9. The molecule has 5 atom stereocenters. The summed E-state index contributed by atoms with van der Waals surface area (Å²) in [5, 5.41) is 10.0. The van der Waals surface area contributed by atoms with E-state index in [1.54, 1.807) is 19.4 Å². The number of halogens is 1. The summed E-state index contributed by atoms with van der Waals surface area (Å²) in [6.45, 7) is 12.6. The van der Waals surface area contributed by atoms with Crippen molar-refractivity contribution in [2.24, 2.45) is 23.2 Å². The molecule has 0 amide bonds. The summed E-state index contributed by atoms with van der Waals surface area (Å²) in [6.07, 6.45) is 16.3. The van der Waals surface area contributed by atoms with Crippen molar-refractivity contribution in [2.45, 2.75) is 110 Å². The van der Waals surface area contributed by atoms with Gasteiger partial charge in [-0.3, -0.25) is 0 Å². The van der Waals surface area contributed by atoms with Crippen LogP contribution in [0.25, 0.3) is 0 Å². The Kier molecular flexibility index (Phi) is 7.14. The SMILES string of the molecule is C=C1CC[C@H](O)C/C1=C/C=C1\CCC[C@]2(C)[C@@H]([C@H](C)CCCC(C)(C)F)CC[C@@H]12. The van der Waals surface area contributed by atoms with Crippen LogP contribution in [0.2, 0.25) is 0 Å². The predicted molar refractivity (Wildman–Crippen MR) is 122 cm³/mol. The van der Waals surface area contributed by atoms with E-state index in [0.29, 0.717) is 23.7 Å². The molecule has 1 nitrogen and oxygen atoms in total. The summed E-state index contributed by atoms with van der Waals surface area (Å²) in [4.78, 5) is 0. The van der Waals surface area contributed by atoms with Gasteiger partial charge in [0.1, 0.15) is 5.67 Å². The fourth-order valence-electron chi connectivity index (χ4n) is 6.66. The predicted octanol–water partition coefficient (Wildman–Crippen LogP) is 7.71. The first kappa shape index (κ1) is 22.8. The number of fused-ring (bicyclic) bond motifs is 1. The zero-order valence-electron chi connectivity index (χ0n) is 19.3. The van der Waals surface area contributed by atoms with Crippen LogP contribution in [0.1, 0.15) is 98.3 Å². The van der Waals surface area contributed by atoms with Gasteiger partial charge in [0.15, 0.2) is 0 Å². The van der Waals surface area contributed by atoms with E-state index in [2.05, 4.69) is 32.6 Å². The molecule has 3 fully saturated rings. The van der Waals surface area contributed by atoms with Crippen LogP contribution in [0, 0.1) is 23.2 Å². The monoisotopic (exact) mass is 402 g/mol.